The highest BCUT2D eigenvalue weighted by Crippen LogP contribution is 2.27. The first-order valence-corrected chi connectivity index (χ1v) is 8.67. The van der Waals surface area contributed by atoms with Gasteiger partial charge in [-0.1, -0.05) is 18.9 Å². The molecule has 0 aromatic heterocycles. The van der Waals surface area contributed by atoms with Crippen molar-refractivity contribution in [3.8, 4) is 0 Å². The van der Waals surface area contributed by atoms with E-state index >= 15 is 0 Å². The standard InChI is InChI=1S/C15H22FNO3S/c1-11-7-8-13(16)9-15(11)21(19,20)17(2)10-12-5-3-4-6-14(12)18/h7-9,12,14,18H,3-6,10H2,1-2H3. The van der Waals surface area contributed by atoms with Crippen LogP contribution < -0.4 is 0 Å². The van der Waals surface area contributed by atoms with Gasteiger partial charge in [0.05, 0.1) is 11.0 Å². The van der Waals surface area contributed by atoms with Gasteiger partial charge in [-0.2, -0.15) is 0 Å². The molecule has 0 bridgehead atoms. The third kappa shape index (κ3) is 3.62. The summed E-state index contributed by atoms with van der Waals surface area (Å²) in [6.45, 7) is 1.91. The molecule has 2 unspecified atom stereocenters. The largest absolute Gasteiger partial charge is 0.393 e. The summed E-state index contributed by atoms with van der Waals surface area (Å²) in [6, 6.07) is 3.77. The highest BCUT2D eigenvalue weighted by Gasteiger charge is 2.30. The number of aliphatic hydroxyl groups excluding tert-OH is 1. The molecule has 1 aliphatic carbocycles. The van der Waals surface area contributed by atoms with E-state index in [9.17, 15) is 17.9 Å². The van der Waals surface area contributed by atoms with Gasteiger partial charge in [-0.25, -0.2) is 17.1 Å². The number of benzene rings is 1. The summed E-state index contributed by atoms with van der Waals surface area (Å²) in [4.78, 5) is -0.00435. The van der Waals surface area contributed by atoms with Crippen LogP contribution in [0.2, 0.25) is 0 Å². The highest BCUT2D eigenvalue weighted by molar-refractivity contribution is 7.89. The summed E-state index contributed by atoms with van der Waals surface area (Å²) in [6.07, 6.45) is 3.08. The normalized spacial score (nSPS) is 23.5. The Hall–Kier alpha value is -0.980. The van der Waals surface area contributed by atoms with Crippen molar-refractivity contribution in [2.24, 2.45) is 5.92 Å². The smallest absolute Gasteiger partial charge is 0.243 e. The Morgan fingerprint density at radius 1 is 1.33 bits per heavy atom. The maximum atomic E-state index is 13.3. The highest BCUT2D eigenvalue weighted by atomic mass is 32.2. The number of nitrogens with zero attached hydrogens (tertiary/aromatic N) is 1. The number of aryl methyl sites for hydroxylation is 1. The maximum absolute atomic E-state index is 13.3. The van der Waals surface area contributed by atoms with Crippen molar-refractivity contribution in [1.82, 2.24) is 4.31 Å². The Labute approximate surface area is 125 Å². The van der Waals surface area contributed by atoms with Crippen molar-refractivity contribution < 1.29 is 17.9 Å². The molecule has 2 rings (SSSR count). The van der Waals surface area contributed by atoms with E-state index in [1.54, 1.807) is 6.92 Å². The minimum atomic E-state index is -3.73. The van der Waals surface area contributed by atoms with Crippen LogP contribution in [0, 0.1) is 18.7 Å². The Balaban J connectivity index is 2.20. The molecule has 21 heavy (non-hydrogen) atoms. The van der Waals surface area contributed by atoms with Crippen LogP contribution in [0.4, 0.5) is 4.39 Å². The van der Waals surface area contributed by atoms with Gasteiger partial charge in [-0.05, 0) is 43.4 Å². The molecule has 0 aliphatic heterocycles. The molecule has 1 saturated carbocycles. The predicted octanol–water partition coefficient (Wildman–Crippen LogP) is 2.31. The van der Waals surface area contributed by atoms with Crippen molar-refractivity contribution in [2.75, 3.05) is 13.6 Å². The maximum Gasteiger partial charge on any atom is 0.243 e. The van der Waals surface area contributed by atoms with E-state index in [1.165, 1.54) is 23.5 Å². The zero-order valence-corrected chi connectivity index (χ0v) is 13.2. The molecular weight excluding hydrogens is 293 g/mol. The number of halogens is 1. The average molecular weight is 315 g/mol. The lowest BCUT2D eigenvalue weighted by Crippen LogP contribution is -2.38. The molecule has 1 fully saturated rings. The molecule has 0 spiro atoms. The molecule has 0 amide bonds. The van der Waals surface area contributed by atoms with Crippen LogP contribution >= 0.6 is 0 Å². The number of hydrogen-bond acceptors (Lipinski definition) is 3. The number of aliphatic hydroxyl groups is 1. The van der Waals surface area contributed by atoms with Crippen LogP contribution in [-0.2, 0) is 10.0 Å². The molecule has 0 heterocycles. The summed E-state index contributed by atoms with van der Waals surface area (Å²) < 4.78 is 39.7. The number of sulfonamides is 1. The van der Waals surface area contributed by atoms with Gasteiger partial charge in [0, 0.05) is 13.6 Å². The van der Waals surface area contributed by atoms with E-state index in [1.807, 2.05) is 0 Å². The summed E-state index contributed by atoms with van der Waals surface area (Å²) in [7, 11) is -2.25. The van der Waals surface area contributed by atoms with Crippen molar-refractivity contribution in [3.63, 3.8) is 0 Å². The second-order valence-corrected chi connectivity index (χ2v) is 7.82. The zero-order chi connectivity index (χ0) is 15.6. The first-order valence-electron chi connectivity index (χ1n) is 7.23. The van der Waals surface area contributed by atoms with Crippen molar-refractivity contribution in [2.45, 2.75) is 43.6 Å². The SMILES string of the molecule is Cc1ccc(F)cc1S(=O)(=O)N(C)CC1CCCCC1O. The first kappa shape index (κ1) is 16.4. The Morgan fingerprint density at radius 3 is 2.67 bits per heavy atom. The molecule has 1 aromatic carbocycles. The summed E-state index contributed by atoms with van der Waals surface area (Å²) in [5.41, 5.74) is 0.521. The molecule has 0 radical (unpaired) electrons. The molecule has 2 atom stereocenters. The van der Waals surface area contributed by atoms with Gasteiger partial charge in [0.2, 0.25) is 10.0 Å². The van der Waals surface area contributed by atoms with Crippen LogP contribution in [0.25, 0.3) is 0 Å². The van der Waals surface area contributed by atoms with Gasteiger partial charge in [0.15, 0.2) is 0 Å². The minimum absolute atomic E-state index is 0.00435. The van der Waals surface area contributed by atoms with Gasteiger partial charge >= 0.3 is 0 Å². The fraction of sp³-hybridized carbons (Fsp3) is 0.600. The fourth-order valence-electron chi connectivity index (χ4n) is 2.85. The van der Waals surface area contributed by atoms with Crippen molar-refractivity contribution in [1.29, 1.82) is 0 Å². The lowest BCUT2D eigenvalue weighted by atomic mass is 9.86. The Bertz CT molecular complexity index is 603. The molecule has 0 saturated heterocycles. The van der Waals surface area contributed by atoms with E-state index in [0.29, 0.717) is 5.56 Å². The van der Waals surface area contributed by atoms with Gasteiger partial charge in [-0.15, -0.1) is 0 Å². The van der Waals surface area contributed by atoms with Crippen LogP contribution in [0.15, 0.2) is 23.1 Å². The average Bonchev–Trinajstić information content (AvgIpc) is 2.43. The van der Waals surface area contributed by atoms with Crippen LogP contribution in [-0.4, -0.2) is 37.5 Å². The predicted molar refractivity (Wildman–Crippen MR) is 78.9 cm³/mol. The van der Waals surface area contributed by atoms with E-state index in [0.717, 1.165) is 31.7 Å². The molecular formula is C15H22FNO3S. The van der Waals surface area contributed by atoms with Gasteiger partial charge in [0.1, 0.15) is 5.82 Å². The second-order valence-electron chi connectivity index (χ2n) is 5.81. The summed E-state index contributed by atoms with van der Waals surface area (Å²) in [5, 5.41) is 9.97. The van der Waals surface area contributed by atoms with E-state index in [4.69, 9.17) is 0 Å². The van der Waals surface area contributed by atoms with Crippen LogP contribution in [0.3, 0.4) is 0 Å². The minimum Gasteiger partial charge on any atom is -0.393 e. The Morgan fingerprint density at radius 2 is 2.00 bits per heavy atom. The van der Waals surface area contributed by atoms with Gasteiger partial charge < -0.3 is 5.11 Å². The second kappa shape index (κ2) is 6.42. The monoisotopic (exact) mass is 315 g/mol. The lowest BCUT2D eigenvalue weighted by molar-refractivity contribution is 0.0620. The van der Waals surface area contributed by atoms with E-state index in [2.05, 4.69) is 0 Å². The van der Waals surface area contributed by atoms with E-state index < -0.39 is 21.9 Å². The quantitative estimate of drug-likeness (QED) is 0.927. The van der Waals surface area contributed by atoms with Crippen molar-refractivity contribution in [3.05, 3.63) is 29.6 Å². The molecule has 6 heteroatoms. The van der Waals surface area contributed by atoms with Crippen LogP contribution in [0.1, 0.15) is 31.2 Å². The molecule has 1 N–H and O–H groups in total. The molecule has 4 nitrogen and oxygen atoms in total. The van der Waals surface area contributed by atoms with Crippen LogP contribution in [0.5, 0.6) is 0 Å². The fourth-order valence-corrected chi connectivity index (χ4v) is 4.31. The van der Waals surface area contributed by atoms with Gasteiger partial charge in [-0.3, -0.25) is 0 Å². The third-order valence-corrected chi connectivity index (χ3v) is 6.16. The van der Waals surface area contributed by atoms with Crippen molar-refractivity contribution >= 4 is 10.0 Å². The topological polar surface area (TPSA) is 57.6 Å². The number of rotatable bonds is 4. The third-order valence-electron chi connectivity index (χ3n) is 4.20. The summed E-state index contributed by atoms with van der Waals surface area (Å²) in [5.74, 6) is -0.613. The first-order chi connectivity index (χ1) is 9.82. The molecule has 1 aromatic rings. The molecule has 118 valence electrons. The number of hydrogen-bond donors (Lipinski definition) is 1. The Kier molecular flexibility index (Phi) is 5.01. The lowest BCUT2D eigenvalue weighted by Gasteiger charge is -2.31. The zero-order valence-electron chi connectivity index (χ0n) is 12.4. The van der Waals surface area contributed by atoms with E-state index in [-0.39, 0.29) is 17.4 Å². The molecule has 1 aliphatic rings. The summed E-state index contributed by atoms with van der Waals surface area (Å²) >= 11 is 0. The van der Waals surface area contributed by atoms with Gasteiger partial charge in [0.25, 0.3) is 0 Å².